The van der Waals surface area contributed by atoms with Crippen molar-refractivity contribution in [1.82, 2.24) is 15.1 Å². The van der Waals surface area contributed by atoms with Gasteiger partial charge in [-0.05, 0) is 53.9 Å². The van der Waals surface area contributed by atoms with Crippen molar-refractivity contribution in [1.29, 1.82) is 0 Å². The zero-order valence-corrected chi connectivity index (χ0v) is 21.8. The second-order valence-electron chi connectivity index (χ2n) is 8.92. The number of amides is 1. The van der Waals surface area contributed by atoms with E-state index in [4.69, 9.17) is 21.4 Å². The van der Waals surface area contributed by atoms with Gasteiger partial charge in [0.15, 0.2) is 0 Å². The third-order valence-electron chi connectivity index (χ3n) is 6.53. The fourth-order valence-corrected chi connectivity index (χ4v) is 4.81. The minimum Gasteiger partial charge on any atom is -0.497 e. The van der Waals surface area contributed by atoms with Crippen molar-refractivity contribution in [2.24, 2.45) is 0 Å². The van der Waals surface area contributed by atoms with Gasteiger partial charge < -0.3 is 10.1 Å². The molecule has 0 fully saturated rings. The van der Waals surface area contributed by atoms with Gasteiger partial charge in [0.25, 0.3) is 5.91 Å². The smallest absolute Gasteiger partial charge is 0.270 e. The van der Waals surface area contributed by atoms with Crippen LogP contribution in [0.4, 0.5) is 0 Å². The third-order valence-corrected chi connectivity index (χ3v) is 6.86. The van der Waals surface area contributed by atoms with Crippen molar-refractivity contribution in [3.63, 3.8) is 0 Å². The minimum atomic E-state index is -0.202. The van der Waals surface area contributed by atoms with Crippen LogP contribution in [-0.2, 0) is 0 Å². The van der Waals surface area contributed by atoms with Gasteiger partial charge in [-0.15, -0.1) is 0 Å². The highest BCUT2D eigenvalue weighted by Gasteiger charge is 2.20. The number of benzene rings is 4. The quantitative estimate of drug-likeness (QED) is 0.224. The Bertz CT molecular complexity index is 1460. The summed E-state index contributed by atoms with van der Waals surface area (Å²) in [6, 6.07) is 37.5. The SMILES string of the molecule is COc1ccc(-n2nc(-c3ccccc3Cl)cc2C(=O)NCCC(c2ccccc2)c2ccccc2)cc1. The first-order chi connectivity index (χ1) is 18.6. The molecule has 5 aromatic rings. The van der Waals surface area contributed by atoms with Crippen molar-refractivity contribution in [2.75, 3.05) is 13.7 Å². The molecule has 0 atom stereocenters. The lowest BCUT2D eigenvalue weighted by Crippen LogP contribution is -2.28. The number of hydrogen-bond donors (Lipinski definition) is 1. The number of carbonyl (C=O) groups excluding carboxylic acids is 1. The summed E-state index contributed by atoms with van der Waals surface area (Å²) in [6.07, 6.45) is 0.758. The average Bonchev–Trinajstić information content (AvgIpc) is 3.42. The third kappa shape index (κ3) is 5.63. The molecule has 0 radical (unpaired) electrons. The Morgan fingerprint density at radius 1 is 0.868 bits per heavy atom. The molecule has 0 aliphatic heterocycles. The van der Waals surface area contributed by atoms with Crippen LogP contribution in [-0.4, -0.2) is 29.3 Å². The predicted octanol–water partition coefficient (Wildman–Crippen LogP) is 7.15. The van der Waals surface area contributed by atoms with Crippen LogP contribution < -0.4 is 10.1 Å². The lowest BCUT2D eigenvalue weighted by atomic mass is 9.88. The molecule has 0 aliphatic rings. The van der Waals surface area contributed by atoms with E-state index >= 15 is 0 Å². The van der Waals surface area contributed by atoms with Crippen molar-refractivity contribution < 1.29 is 9.53 Å². The Morgan fingerprint density at radius 2 is 1.47 bits per heavy atom. The number of nitrogens with one attached hydrogen (secondary N) is 1. The summed E-state index contributed by atoms with van der Waals surface area (Å²) in [5.74, 6) is 0.695. The monoisotopic (exact) mass is 521 g/mol. The fourth-order valence-electron chi connectivity index (χ4n) is 4.58. The second kappa shape index (κ2) is 11.8. The number of carbonyl (C=O) groups is 1. The van der Waals surface area contributed by atoms with Gasteiger partial charge in [0.05, 0.1) is 23.5 Å². The van der Waals surface area contributed by atoms with Crippen LogP contribution in [0.25, 0.3) is 16.9 Å². The summed E-state index contributed by atoms with van der Waals surface area (Å²) >= 11 is 6.45. The minimum absolute atomic E-state index is 0.169. The number of ether oxygens (including phenoxy) is 1. The molecule has 190 valence electrons. The van der Waals surface area contributed by atoms with Crippen LogP contribution in [0.1, 0.15) is 34.0 Å². The van der Waals surface area contributed by atoms with Gasteiger partial charge in [-0.1, -0.05) is 90.5 Å². The largest absolute Gasteiger partial charge is 0.497 e. The highest BCUT2D eigenvalue weighted by molar-refractivity contribution is 6.33. The molecule has 0 unspecified atom stereocenters. The maximum absolute atomic E-state index is 13.5. The van der Waals surface area contributed by atoms with Crippen LogP contribution in [0.5, 0.6) is 5.75 Å². The fraction of sp³-hybridized carbons (Fsp3) is 0.125. The van der Waals surface area contributed by atoms with E-state index in [0.717, 1.165) is 23.4 Å². The van der Waals surface area contributed by atoms with Gasteiger partial charge in [-0.25, -0.2) is 4.68 Å². The maximum Gasteiger partial charge on any atom is 0.270 e. The molecule has 1 N–H and O–H groups in total. The van der Waals surface area contributed by atoms with Crippen LogP contribution in [0.15, 0.2) is 115 Å². The second-order valence-corrected chi connectivity index (χ2v) is 9.33. The van der Waals surface area contributed by atoms with E-state index in [2.05, 4.69) is 29.6 Å². The molecule has 38 heavy (non-hydrogen) atoms. The van der Waals surface area contributed by atoms with Gasteiger partial charge in [-0.2, -0.15) is 5.10 Å². The molecule has 5 nitrogen and oxygen atoms in total. The Hall–Kier alpha value is -4.35. The van der Waals surface area contributed by atoms with E-state index in [0.29, 0.717) is 23.0 Å². The lowest BCUT2D eigenvalue weighted by Gasteiger charge is -2.18. The molecular formula is C32H28ClN3O2. The molecule has 0 bridgehead atoms. The summed E-state index contributed by atoms with van der Waals surface area (Å²) in [7, 11) is 1.62. The Labute approximate surface area is 227 Å². The van der Waals surface area contributed by atoms with Gasteiger partial charge in [-0.3, -0.25) is 4.79 Å². The van der Waals surface area contributed by atoms with E-state index < -0.39 is 0 Å². The molecule has 0 saturated carbocycles. The zero-order valence-electron chi connectivity index (χ0n) is 21.1. The van der Waals surface area contributed by atoms with E-state index in [1.807, 2.05) is 84.9 Å². The predicted molar refractivity (Wildman–Crippen MR) is 152 cm³/mol. The number of halogens is 1. The van der Waals surface area contributed by atoms with Gasteiger partial charge in [0.2, 0.25) is 0 Å². The van der Waals surface area contributed by atoms with Gasteiger partial charge >= 0.3 is 0 Å². The molecule has 4 aromatic carbocycles. The highest BCUT2D eigenvalue weighted by atomic mass is 35.5. The molecule has 0 spiro atoms. The first kappa shape index (κ1) is 25.3. The van der Waals surface area contributed by atoms with E-state index in [-0.39, 0.29) is 11.8 Å². The summed E-state index contributed by atoms with van der Waals surface area (Å²) in [5, 5.41) is 8.46. The maximum atomic E-state index is 13.5. The first-order valence-corrected chi connectivity index (χ1v) is 12.9. The Morgan fingerprint density at radius 3 is 2.08 bits per heavy atom. The summed E-state index contributed by atoms with van der Waals surface area (Å²) < 4.78 is 6.95. The van der Waals surface area contributed by atoms with E-state index in [1.54, 1.807) is 17.9 Å². The van der Waals surface area contributed by atoms with Crippen molar-refractivity contribution >= 4 is 17.5 Å². The Balaban J connectivity index is 1.41. The highest BCUT2D eigenvalue weighted by Crippen LogP contribution is 2.30. The van der Waals surface area contributed by atoms with Crippen molar-refractivity contribution in [3.05, 3.63) is 137 Å². The topological polar surface area (TPSA) is 56.2 Å². The molecule has 1 aromatic heterocycles. The number of hydrogen-bond acceptors (Lipinski definition) is 3. The van der Waals surface area contributed by atoms with Gasteiger partial charge in [0, 0.05) is 18.0 Å². The van der Waals surface area contributed by atoms with E-state index in [9.17, 15) is 4.79 Å². The number of methoxy groups -OCH3 is 1. The first-order valence-electron chi connectivity index (χ1n) is 12.5. The van der Waals surface area contributed by atoms with Crippen molar-refractivity contribution in [2.45, 2.75) is 12.3 Å². The summed E-state index contributed by atoms with van der Waals surface area (Å²) in [5.41, 5.74) is 5.02. The van der Waals surface area contributed by atoms with E-state index in [1.165, 1.54) is 11.1 Å². The molecule has 1 amide bonds. The average molecular weight is 522 g/mol. The molecule has 5 rings (SSSR count). The lowest BCUT2D eigenvalue weighted by molar-refractivity contribution is 0.0945. The van der Waals surface area contributed by atoms with Gasteiger partial charge in [0.1, 0.15) is 11.4 Å². The summed E-state index contributed by atoms with van der Waals surface area (Å²) in [6.45, 7) is 0.502. The molecule has 0 saturated heterocycles. The van der Waals surface area contributed by atoms with Crippen molar-refractivity contribution in [3.8, 4) is 22.7 Å². The van der Waals surface area contributed by atoms with Crippen LogP contribution in [0.3, 0.4) is 0 Å². The molecule has 6 heteroatoms. The molecular weight excluding hydrogens is 494 g/mol. The standard InChI is InChI=1S/C32H28ClN3O2/c1-38-26-18-16-25(17-19-26)36-31(22-30(35-36)28-14-8-9-15-29(28)33)32(37)34-21-20-27(23-10-4-2-5-11-23)24-12-6-3-7-13-24/h2-19,22,27H,20-21H2,1H3,(H,34,37). The number of rotatable bonds is 9. The number of aromatic nitrogens is 2. The molecule has 1 heterocycles. The Kier molecular flexibility index (Phi) is 7.86. The van der Waals surface area contributed by atoms with Crippen LogP contribution in [0, 0.1) is 0 Å². The number of nitrogens with zero attached hydrogens (tertiary/aromatic N) is 2. The van der Waals surface area contributed by atoms with Crippen LogP contribution in [0.2, 0.25) is 5.02 Å². The molecule has 0 aliphatic carbocycles. The normalized spacial score (nSPS) is 10.9. The van der Waals surface area contributed by atoms with Crippen LogP contribution >= 0.6 is 11.6 Å². The zero-order chi connectivity index (χ0) is 26.3. The summed E-state index contributed by atoms with van der Waals surface area (Å²) in [4.78, 5) is 13.5.